The third-order valence-electron chi connectivity index (χ3n) is 5.50. The van der Waals surface area contributed by atoms with Crippen LogP contribution in [0.1, 0.15) is 22.7 Å². The first-order valence-corrected chi connectivity index (χ1v) is 9.89. The third-order valence-corrected chi connectivity index (χ3v) is 5.50. The molecule has 2 aliphatic rings. The van der Waals surface area contributed by atoms with Crippen molar-refractivity contribution >= 4 is 17.4 Å². The molecule has 8 nitrogen and oxygen atoms in total. The van der Waals surface area contributed by atoms with Gasteiger partial charge in [0, 0.05) is 24.5 Å². The van der Waals surface area contributed by atoms with Gasteiger partial charge in [-0.05, 0) is 53.6 Å². The van der Waals surface area contributed by atoms with E-state index in [1.807, 2.05) is 0 Å². The van der Waals surface area contributed by atoms with Crippen molar-refractivity contribution in [3.63, 3.8) is 0 Å². The monoisotopic (exact) mass is 430 g/mol. The van der Waals surface area contributed by atoms with Gasteiger partial charge in [-0.1, -0.05) is 12.1 Å². The van der Waals surface area contributed by atoms with Crippen LogP contribution in [-0.4, -0.2) is 38.6 Å². The molecule has 160 valence electrons. The Bertz CT molecular complexity index is 1240. The van der Waals surface area contributed by atoms with Crippen LogP contribution in [0.3, 0.4) is 0 Å². The highest BCUT2D eigenvalue weighted by atomic mass is 16.7. The van der Waals surface area contributed by atoms with Crippen molar-refractivity contribution in [2.24, 2.45) is 0 Å². The molecule has 1 saturated heterocycles. The Labute approximate surface area is 183 Å². The zero-order valence-corrected chi connectivity index (χ0v) is 16.8. The van der Waals surface area contributed by atoms with Crippen LogP contribution in [0.15, 0.2) is 72.6 Å². The number of rotatable bonds is 4. The van der Waals surface area contributed by atoms with Crippen molar-refractivity contribution < 1.29 is 29.3 Å². The van der Waals surface area contributed by atoms with Crippen LogP contribution in [0.2, 0.25) is 0 Å². The van der Waals surface area contributed by atoms with E-state index in [0.717, 1.165) is 5.56 Å². The highest BCUT2D eigenvalue weighted by Crippen LogP contribution is 2.42. The van der Waals surface area contributed by atoms with Crippen LogP contribution in [0.4, 0.5) is 0 Å². The van der Waals surface area contributed by atoms with Gasteiger partial charge in [0.15, 0.2) is 11.5 Å². The van der Waals surface area contributed by atoms with Gasteiger partial charge in [-0.2, -0.15) is 0 Å². The standard InChI is InChI=1S/C24H18N2O6/c27-17-4-1-15(2-5-17)21-20(22(28)16-3-6-18-19(11-16)32-13-31-18)23(29)24(30)26(21)12-14-7-9-25-10-8-14/h1-11,21,27-28H,12-13H2/b22-20-. The highest BCUT2D eigenvalue weighted by molar-refractivity contribution is 6.46. The number of hydrogen-bond donors (Lipinski definition) is 2. The summed E-state index contributed by atoms with van der Waals surface area (Å²) in [5.41, 5.74) is 1.67. The lowest BCUT2D eigenvalue weighted by Gasteiger charge is -2.25. The summed E-state index contributed by atoms with van der Waals surface area (Å²) in [6.07, 6.45) is 3.21. The van der Waals surface area contributed by atoms with Crippen LogP contribution in [0.25, 0.3) is 5.76 Å². The fourth-order valence-electron chi connectivity index (χ4n) is 3.93. The molecule has 1 fully saturated rings. The number of nitrogens with zero attached hydrogens (tertiary/aromatic N) is 2. The second kappa shape index (κ2) is 7.73. The van der Waals surface area contributed by atoms with Crippen molar-refractivity contribution in [2.45, 2.75) is 12.6 Å². The molecule has 1 amide bonds. The Balaban J connectivity index is 1.64. The average molecular weight is 430 g/mol. The molecule has 0 aliphatic carbocycles. The van der Waals surface area contributed by atoms with Gasteiger partial charge in [-0.3, -0.25) is 14.6 Å². The molecular weight excluding hydrogens is 412 g/mol. The molecule has 2 aromatic carbocycles. The summed E-state index contributed by atoms with van der Waals surface area (Å²) < 4.78 is 10.7. The number of pyridine rings is 1. The van der Waals surface area contributed by atoms with Crippen LogP contribution in [-0.2, 0) is 16.1 Å². The van der Waals surface area contributed by atoms with Crippen LogP contribution in [0, 0.1) is 0 Å². The lowest BCUT2D eigenvalue weighted by atomic mass is 9.95. The number of aliphatic hydroxyl groups is 1. The molecule has 2 N–H and O–H groups in total. The smallest absolute Gasteiger partial charge is 0.295 e. The van der Waals surface area contributed by atoms with Crippen molar-refractivity contribution in [3.8, 4) is 17.2 Å². The summed E-state index contributed by atoms with van der Waals surface area (Å²) in [5, 5.41) is 20.8. The number of phenols is 1. The van der Waals surface area contributed by atoms with E-state index < -0.39 is 17.7 Å². The van der Waals surface area contributed by atoms with Crippen LogP contribution >= 0.6 is 0 Å². The molecule has 0 radical (unpaired) electrons. The third kappa shape index (κ3) is 3.31. The number of fused-ring (bicyclic) bond motifs is 1. The molecule has 1 unspecified atom stereocenters. The van der Waals surface area contributed by atoms with Gasteiger partial charge in [0.05, 0.1) is 11.6 Å². The first-order valence-electron chi connectivity index (χ1n) is 9.89. The van der Waals surface area contributed by atoms with Gasteiger partial charge in [0.25, 0.3) is 11.7 Å². The summed E-state index contributed by atoms with van der Waals surface area (Å²) in [6, 6.07) is 13.7. The van der Waals surface area contributed by atoms with Gasteiger partial charge >= 0.3 is 0 Å². The second-order valence-electron chi connectivity index (χ2n) is 7.44. The van der Waals surface area contributed by atoms with E-state index in [1.165, 1.54) is 17.0 Å². The van der Waals surface area contributed by atoms with Crippen molar-refractivity contribution in [1.82, 2.24) is 9.88 Å². The van der Waals surface area contributed by atoms with Gasteiger partial charge in [-0.15, -0.1) is 0 Å². The maximum absolute atomic E-state index is 13.1. The molecule has 1 aromatic heterocycles. The molecule has 0 bridgehead atoms. The maximum Gasteiger partial charge on any atom is 0.295 e. The lowest BCUT2D eigenvalue weighted by Crippen LogP contribution is -2.29. The predicted molar refractivity (Wildman–Crippen MR) is 113 cm³/mol. The number of carbonyl (C=O) groups is 2. The molecule has 3 heterocycles. The molecule has 5 rings (SSSR count). The molecule has 8 heteroatoms. The minimum absolute atomic E-state index is 0.0337. The van der Waals surface area contributed by atoms with Crippen molar-refractivity contribution in [3.05, 3.63) is 89.3 Å². The van der Waals surface area contributed by atoms with Crippen LogP contribution in [0.5, 0.6) is 17.2 Å². The number of ether oxygens (including phenoxy) is 2. The van der Waals surface area contributed by atoms with E-state index in [2.05, 4.69) is 4.98 Å². The Hall–Kier alpha value is -4.33. The van der Waals surface area contributed by atoms with E-state index in [-0.39, 0.29) is 30.4 Å². The number of hydrogen-bond acceptors (Lipinski definition) is 7. The molecule has 0 saturated carbocycles. The first-order chi connectivity index (χ1) is 15.5. The normalized spacial score (nSPS) is 18.9. The number of amides is 1. The highest BCUT2D eigenvalue weighted by Gasteiger charge is 2.46. The van der Waals surface area contributed by atoms with Crippen molar-refractivity contribution in [2.75, 3.05) is 6.79 Å². The zero-order chi connectivity index (χ0) is 22.2. The molecule has 3 aromatic rings. The Morgan fingerprint density at radius 3 is 2.47 bits per heavy atom. The van der Waals surface area contributed by atoms with Crippen LogP contribution < -0.4 is 9.47 Å². The fourth-order valence-corrected chi connectivity index (χ4v) is 3.93. The molecule has 32 heavy (non-hydrogen) atoms. The number of Topliss-reactive ketones (excluding diaryl/α,β-unsaturated/α-hetero) is 1. The maximum atomic E-state index is 13.1. The number of likely N-dealkylation sites (tertiary alicyclic amines) is 1. The average Bonchev–Trinajstić information content (AvgIpc) is 3.38. The largest absolute Gasteiger partial charge is 0.508 e. The Morgan fingerprint density at radius 1 is 1.00 bits per heavy atom. The van der Waals surface area contributed by atoms with Crippen molar-refractivity contribution in [1.29, 1.82) is 0 Å². The molecule has 1 atom stereocenters. The summed E-state index contributed by atoms with van der Waals surface area (Å²) in [7, 11) is 0. The summed E-state index contributed by atoms with van der Waals surface area (Å²) in [5.74, 6) is -0.780. The summed E-state index contributed by atoms with van der Waals surface area (Å²) in [4.78, 5) is 31.5. The summed E-state index contributed by atoms with van der Waals surface area (Å²) in [6.45, 7) is 0.222. The first kappa shape index (κ1) is 19.6. The van der Waals surface area contributed by atoms with Gasteiger partial charge < -0.3 is 24.6 Å². The molecule has 2 aliphatic heterocycles. The number of aromatic nitrogens is 1. The predicted octanol–water partition coefficient (Wildman–Crippen LogP) is 3.14. The number of carbonyl (C=O) groups excluding carboxylic acids is 2. The quantitative estimate of drug-likeness (QED) is 0.372. The van der Waals surface area contributed by atoms with Gasteiger partial charge in [-0.25, -0.2) is 0 Å². The van der Waals surface area contributed by atoms with E-state index in [1.54, 1.807) is 54.9 Å². The second-order valence-corrected chi connectivity index (χ2v) is 7.44. The van der Waals surface area contributed by atoms with E-state index in [4.69, 9.17) is 9.47 Å². The number of ketones is 1. The molecule has 0 spiro atoms. The Kier molecular flexibility index (Phi) is 4.74. The van der Waals surface area contributed by atoms with Gasteiger partial charge in [0.1, 0.15) is 11.5 Å². The minimum Gasteiger partial charge on any atom is -0.508 e. The lowest BCUT2D eigenvalue weighted by molar-refractivity contribution is -0.140. The summed E-state index contributed by atoms with van der Waals surface area (Å²) >= 11 is 0. The number of benzene rings is 2. The molecular formula is C24H18N2O6. The van der Waals surface area contributed by atoms with E-state index in [0.29, 0.717) is 22.6 Å². The minimum atomic E-state index is -0.839. The van der Waals surface area contributed by atoms with E-state index in [9.17, 15) is 19.8 Å². The SMILES string of the molecule is O=C1C(=O)N(Cc2ccncc2)C(c2ccc(O)cc2)/C1=C(/O)c1ccc2c(c1)OCO2. The number of aliphatic hydroxyl groups excluding tert-OH is 1. The zero-order valence-electron chi connectivity index (χ0n) is 16.8. The number of phenolic OH excluding ortho intramolecular Hbond substituents is 1. The van der Waals surface area contributed by atoms with E-state index >= 15 is 0 Å². The fraction of sp³-hybridized carbons (Fsp3) is 0.125. The topological polar surface area (TPSA) is 109 Å². The van der Waals surface area contributed by atoms with Gasteiger partial charge in [0.2, 0.25) is 6.79 Å². The Morgan fingerprint density at radius 2 is 1.72 bits per heavy atom. The number of aromatic hydroxyl groups is 1.